The van der Waals surface area contributed by atoms with Crippen molar-refractivity contribution in [3.63, 3.8) is 0 Å². The van der Waals surface area contributed by atoms with Gasteiger partial charge in [0.05, 0.1) is 17.8 Å². The summed E-state index contributed by atoms with van der Waals surface area (Å²) in [6.45, 7) is 2.23. The molecule has 5 nitrogen and oxygen atoms in total. The second-order valence-corrected chi connectivity index (χ2v) is 4.67. The van der Waals surface area contributed by atoms with Gasteiger partial charge in [-0.1, -0.05) is 23.5 Å². The zero-order chi connectivity index (χ0) is 13.1. The third kappa shape index (κ3) is 2.60. The number of benzene rings is 1. The molecule has 6 heteroatoms. The monoisotopic (exact) mass is 264 g/mol. The van der Waals surface area contributed by atoms with E-state index in [0.717, 1.165) is 22.6 Å². The number of hydrogen-bond donors (Lipinski definition) is 3. The summed E-state index contributed by atoms with van der Waals surface area (Å²) in [5.41, 5.74) is 2.40. The fraction of sp³-hybridized carbons (Fsp3) is 0.167. The largest absolute Gasteiger partial charge is 0.478 e. The van der Waals surface area contributed by atoms with Crippen LogP contribution in [-0.2, 0) is 6.54 Å². The van der Waals surface area contributed by atoms with Crippen molar-refractivity contribution in [1.82, 2.24) is 4.98 Å². The topological polar surface area (TPSA) is 82.2 Å². The number of aromatic carboxylic acids is 1. The van der Waals surface area contributed by atoms with E-state index in [0.29, 0.717) is 12.2 Å². The first kappa shape index (κ1) is 12.4. The van der Waals surface area contributed by atoms with Crippen molar-refractivity contribution in [2.24, 2.45) is 0 Å². The maximum absolute atomic E-state index is 11.1. The lowest BCUT2D eigenvalue weighted by Crippen LogP contribution is -2.09. The second kappa shape index (κ2) is 5.05. The van der Waals surface area contributed by atoms with Crippen molar-refractivity contribution >= 4 is 23.0 Å². The maximum atomic E-state index is 11.1. The predicted molar refractivity (Wildman–Crippen MR) is 70.4 cm³/mol. The number of hydrogen-bond acceptors (Lipinski definition) is 4. The molecule has 0 spiro atoms. The fourth-order valence-corrected chi connectivity index (χ4v) is 2.25. The molecule has 94 valence electrons. The van der Waals surface area contributed by atoms with Crippen LogP contribution in [0.25, 0.3) is 0 Å². The van der Waals surface area contributed by atoms with E-state index in [-0.39, 0.29) is 10.4 Å². The number of aryl methyl sites for hydroxylation is 1. The Hall–Kier alpha value is -2.08. The number of anilines is 1. The average molecular weight is 264 g/mol. The number of para-hydroxylation sites is 1. The lowest BCUT2D eigenvalue weighted by molar-refractivity contribution is 0.0698. The predicted octanol–water partition coefficient (Wildman–Crippen LogP) is 2.06. The molecule has 0 aliphatic heterocycles. The Morgan fingerprint density at radius 3 is 2.89 bits per heavy atom. The third-order valence-corrected chi connectivity index (χ3v) is 3.25. The van der Waals surface area contributed by atoms with Crippen LogP contribution < -0.4 is 10.2 Å². The molecule has 1 heterocycles. The van der Waals surface area contributed by atoms with Crippen molar-refractivity contribution in [3.8, 4) is 0 Å². The lowest BCUT2D eigenvalue weighted by Gasteiger charge is -2.11. The standard InChI is InChI=1S/C12H12N2O3S/c1-7-3-2-4-9(11(15)16)10(7)13-5-8-6-18-12(17)14-8/h2-4,6,13H,5H2,1H3,(H,14,17)(H,15,16). The van der Waals surface area contributed by atoms with Crippen LogP contribution in [0.15, 0.2) is 28.4 Å². The molecule has 1 aromatic carbocycles. The zero-order valence-electron chi connectivity index (χ0n) is 9.69. The Labute approximate surface area is 107 Å². The van der Waals surface area contributed by atoms with Gasteiger partial charge in [0.2, 0.25) is 0 Å². The number of nitrogens with one attached hydrogen (secondary N) is 2. The van der Waals surface area contributed by atoms with Gasteiger partial charge < -0.3 is 15.4 Å². The number of rotatable bonds is 4. The fourth-order valence-electron chi connectivity index (χ4n) is 1.66. The van der Waals surface area contributed by atoms with E-state index < -0.39 is 5.97 Å². The lowest BCUT2D eigenvalue weighted by atomic mass is 10.1. The second-order valence-electron chi connectivity index (χ2n) is 3.83. The molecule has 2 rings (SSSR count). The van der Waals surface area contributed by atoms with Crippen molar-refractivity contribution in [2.45, 2.75) is 13.5 Å². The maximum Gasteiger partial charge on any atom is 0.337 e. The Balaban J connectivity index is 2.23. The normalized spacial score (nSPS) is 10.3. The summed E-state index contributed by atoms with van der Waals surface area (Å²) in [6, 6.07) is 5.09. The number of carboxylic acid groups (broad SMARTS) is 1. The van der Waals surface area contributed by atoms with E-state index in [1.54, 1.807) is 17.5 Å². The van der Waals surface area contributed by atoms with Crippen LogP contribution in [0, 0.1) is 6.92 Å². The minimum Gasteiger partial charge on any atom is -0.478 e. The van der Waals surface area contributed by atoms with Crippen LogP contribution in [0.5, 0.6) is 0 Å². The summed E-state index contributed by atoms with van der Waals surface area (Å²) >= 11 is 1.09. The smallest absolute Gasteiger partial charge is 0.337 e. The molecule has 0 saturated carbocycles. The van der Waals surface area contributed by atoms with Gasteiger partial charge in [0, 0.05) is 11.1 Å². The minimum absolute atomic E-state index is 0.116. The van der Waals surface area contributed by atoms with E-state index >= 15 is 0 Å². The van der Waals surface area contributed by atoms with E-state index in [9.17, 15) is 9.59 Å². The van der Waals surface area contributed by atoms with Gasteiger partial charge in [-0.15, -0.1) is 0 Å². The molecular weight excluding hydrogens is 252 g/mol. The minimum atomic E-state index is -0.972. The molecular formula is C12H12N2O3S. The summed E-state index contributed by atoms with van der Waals surface area (Å²) in [5.74, 6) is -0.972. The van der Waals surface area contributed by atoms with Crippen LogP contribution >= 0.6 is 11.3 Å². The van der Waals surface area contributed by atoms with Crippen LogP contribution in [0.1, 0.15) is 21.6 Å². The first-order chi connectivity index (χ1) is 8.58. The van der Waals surface area contributed by atoms with Crippen molar-refractivity contribution in [1.29, 1.82) is 0 Å². The average Bonchev–Trinajstić information content (AvgIpc) is 2.73. The van der Waals surface area contributed by atoms with Crippen molar-refractivity contribution in [2.75, 3.05) is 5.32 Å². The highest BCUT2D eigenvalue weighted by molar-refractivity contribution is 7.07. The number of aromatic nitrogens is 1. The van der Waals surface area contributed by atoms with E-state index in [1.165, 1.54) is 0 Å². The van der Waals surface area contributed by atoms with Crippen molar-refractivity contribution < 1.29 is 9.90 Å². The van der Waals surface area contributed by atoms with E-state index in [2.05, 4.69) is 10.3 Å². The Morgan fingerprint density at radius 2 is 2.28 bits per heavy atom. The zero-order valence-corrected chi connectivity index (χ0v) is 10.5. The number of aromatic amines is 1. The van der Waals surface area contributed by atoms with E-state index in [4.69, 9.17) is 5.11 Å². The quantitative estimate of drug-likeness (QED) is 0.789. The first-order valence-corrected chi connectivity index (χ1v) is 6.19. The van der Waals surface area contributed by atoms with Crippen LogP contribution in [-0.4, -0.2) is 16.1 Å². The van der Waals surface area contributed by atoms with Gasteiger partial charge in [-0.25, -0.2) is 4.79 Å². The molecule has 0 aliphatic carbocycles. The SMILES string of the molecule is Cc1cccc(C(=O)O)c1NCc1csc(=O)[nH]1. The molecule has 0 unspecified atom stereocenters. The molecule has 0 bridgehead atoms. The number of carbonyl (C=O) groups is 1. The molecule has 0 fully saturated rings. The van der Waals surface area contributed by atoms with Crippen LogP contribution in [0.3, 0.4) is 0 Å². The molecule has 1 aromatic heterocycles. The number of thiazole rings is 1. The Morgan fingerprint density at radius 1 is 1.50 bits per heavy atom. The van der Waals surface area contributed by atoms with Gasteiger partial charge >= 0.3 is 10.8 Å². The van der Waals surface area contributed by atoms with Gasteiger partial charge in [0.25, 0.3) is 0 Å². The summed E-state index contributed by atoms with van der Waals surface area (Å²) in [4.78, 5) is 24.6. The molecule has 0 amide bonds. The molecule has 0 aliphatic rings. The van der Waals surface area contributed by atoms with Crippen molar-refractivity contribution in [3.05, 3.63) is 50.1 Å². The van der Waals surface area contributed by atoms with Crippen LogP contribution in [0.4, 0.5) is 5.69 Å². The third-order valence-electron chi connectivity index (χ3n) is 2.53. The highest BCUT2D eigenvalue weighted by Crippen LogP contribution is 2.21. The summed E-state index contributed by atoms with van der Waals surface area (Å²) in [7, 11) is 0. The number of carboxylic acids is 1. The van der Waals surface area contributed by atoms with E-state index in [1.807, 2.05) is 13.0 Å². The molecule has 18 heavy (non-hydrogen) atoms. The molecule has 0 radical (unpaired) electrons. The van der Waals surface area contributed by atoms with Crippen LogP contribution in [0.2, 0.25) is 0 Å². The Kier molecular flexibility index (Phi) is 3.47. The molecule has 3 N–H and O–H groups in total. The highest BCUT2D eigenvalue weighted by Gasteiger charge is 2.11. The van der Waals surface area contributed by atoms with Gasteiger partial charge in [0.1, 0.15) is 0 Å². The van der Waals surface area contributed by atoms with Gasteiger partial charge in [-0.05, 0) is 18.6 Å². The van der Waals surface area contributed by atoms with Gasteiger partial charge in [-0.3, -0.25) is 4.79 Å². The molecule has 0 atom stereocenters. The molecule has 0 saturated heterocycles. The molecule has 2 aromatic rings. The number of H-pyrrole nitrogens is 1. The van der Waals surface area contributed by atoms with Gasteiger partial charge in [-0.2, -0.15) is 0 Å². The summed E-state index contributed by atoms with van der Waals surface area (Å²) in [6.07, 6.45) is 0. The summed E-state index contributed by atoms with van der Waals surface area (Å²) < 4.78 is 0. The highest BCUT2D eigenvalue weighted by atomic mass is 32.1. The van der Waals surface area contributed by atoms with Gasteiger partial charge in [0.15, 0.2) is 0 Å². The first-order valence-electron chi connectivity index (χ1n) is 5.31. The Bertz CT molecular complexity index is 630. The summed E-state index contributed by atoms with van der Waals surface area (Å²) in [5, 5.41) is 13.9.